The largest absolute Gasteiger partial charge is 0.481 e. The fourth-order valence-corrected chi connectivity index (χ4v) is 4.95. The van der Waals surface area contributed by atoms with Crippen LogP contribution in [0.25, 0.3) is 0 Å². The molecule has 1 unspecified atom stereocenters. The summed E-state index contributed by atoms with van der Waals surface area (Å²) in [5.41, 5.74) is 1.98. The van der Waals surface area contributed by atoms with Crippen molar-refractivity contribution in [1.82, 2.24) is 4.72 Å². The van der Waals surface area contributed by atoms with Gasteiger partial charge in [-0.1, -0.05) is 73.3 Å². The number of hydrogen-bond donors (Lipinski definition) is 2. The van der Waals surface area contributed by atoms with Gasteiger partial charge in [-0.15, -0.1) is 0 Å². The highest BCUT2D eigenvalue weighted by Gasteiger charge is 2.21. The van der Waals surface area contributed by atoms with E-state index in [1.807, 2.05) is 24.3 Å². The van der Waals surface area contributed by atoms with Crippen molar-refractivity contribution in [3.8, 4) is 0 Å². The van der Waals surface area contributed by atoms with Crippen molar-refractivity contribution in [3.05, 3.63) is 64.1 Å². The second-order valence-corrected chi connectivity index (χ2v) is 10.9. The maximum atomic E-state index is 13.0. The first-order chi connectivity index (χ1) is 14.7. The lowest BCUT2D eigenvalue weighted by Gasteiger charge is -2.20. The molecule has 0 bridgehead atoms. The third-order valence-electron chi connectivity index (χ3n) is 5.18. The summed E-state index contributed by atoms with van der Waals surface area (Å²) in [4.78, 5) is 10.9. The Morgan fingerprint density at radius 1 is 0.968 bits per heavy atom. The zero-order chi connectivity index (χ0) is 22.9. The Balaban J connectivity index is 2.13. The number of sulfonamides is 1. The van der Waals surface area contributed by atoms with E-state index in [2.05, 4.69) is 34.5 Å². The SMILES string of the molecule is CC(C)CCCCC(NS(=O)(=O)c1ccc(Br)cc1)c1ccc(CCCC(=O)O)cc1. The molecule has 2 N–H and O–H groups in total. The standard InChI is InChI=1S/C24H32BrNO4S/c1-18(2)6-3-4-8-23(26-31(29,30)22-16-14-21(25)15-17-22)20-12-10-19(11-13-20)7-5-9-24(27)28/h10-18,23,26H,3-9H2,1-2H3,(H,27,28). The van der Waals surface area contributed by atoms with Crippen LogP contribution in [-0.4, -0.2) is 19.5 Å². The smallest absolute Gasteiger partial charge is 0.303 e. The fraction of sp³-hybridized carbons (Fsp3) is 0.458. The summed E-state index contributed by atoms with van der Waals surface area (Å²) in [6.07, 6.45) is 5.26. The van der Waals surface area contributed by atoms with Crippen LogP contribution in [0.3, 0.4) is 0 Å². The highest BCUT2D eigenvalue weighted by molar-refractivity contribution is 9.10. The first kappa shape index (κ1) is 25.6. The highest BCUT2D eigenvalue weighted by Crippen LogP contribution is 2.25. The molecule has 0 fully saturated rings. The van der Waals surface area contributed by atoms with E-state index >= 15 is 0 Å². The van der Waals surface area contributed by atoms with Crippen molar-refractivity contribution in [3.63, 3.8) is 0 Å². The number of halogens is 1. The van der Waals surface area contributed by atoms with Gasteiger partial charge in [0.1, 0.15) is 0 Å². The van der Waals surface area contributed by atoms with E-state index in [0.29, 0.717) is 18.8 Å². The summed E-state index contributed by atoms with van der Waals surface area (Å²) in [5.74, 6) is -0.163. The van der Waals surface area contributed by atoms with Gasteiger partial charge in [0.15, 0.2) is 0 Å². The van der Waals surface area contributed by atoms with Gasteiger partial charge in [0.25, 0.3) is 0 Å². The highest BCUT2D eigenvalue weighted by atomic mass is 79.9. The normalized spacial score (nSPS) is 12.8. The second kappa shape index (κ2) is 12.4. The lowest BCUT2D eigenvalue weighted by molar-refractivity contribution is -0.137. The van der Waals surface area contributed by atoms with E-state index in [-0.39, 0.29) is 17.4 Å². The van der Waals surface area contributed by atoms with Crippen LogP contribution in [0.15, 0.2) is 57.9 Å². The Labute approximate surface area is 194 Å². The molecule has 0 heterocycles. The van der Waals surface area contributed by atoms with Crippen molar-refractivity contribution in [2.75, 3.05) is 0 Å². The predicted octanol–water partition coefficient (Wildman–Crippen LogP) is 6.09. The van der Waals surface area contributed by atoms with Crippen LogP contribution in [0.4, 0.5) is 0 Å². The zero-order valence-electron chi connectivity index (χ0n) is 18.2. The molecule has 7 heteroatoms. The second-order valence-electron chi connectivity index (χ2n) is 8.29. The number of aryl methyl sites for hydroxylation is 1. The molecule has 1 atom stereocenters. The summed E-state index contributed by atoms with van der Waals surface area (Å²) < 4.78 is 29.6. The Morgan fingerprint density at radius 3 is 2.16 bits per heavy atom. The summed E-state index contributed by atoms with van der Waals surface area (Å²) in [5, 5.41) is 8.79. The molecule has 0 radical (unpaired) electrons. The average molecular weight is 510 g/mol. The van der Waals surface area contributed by atoms with E-state index in [9.17, 15) is 13.2 Å². The Bertz CT molecular complexity index is 925. The van der Waals surface area contributed by atoms with Gasteiger partial charge in [-0.2, -0.15) is 0 Å². The Hall–Kier alpha value is -1.70. The van der Waals surface area contributed by atoms with E-state index in [4.69, 9.17) is 5.11 Å². The zero-order valence-corrected chi connectivity index (χ0v) is 20.6. The number of rotatable bonds is 13. The number of unbranched alkanes of at least 4 members (excludes halogenated alkanes) is 1. The number of benzene rings is 2. The molecule has 0 saturated carbocycles. The fourth-order valence-electron chi connectivity index (χ4n) is 3.42. The summed E-state index contributed by atoms with van der Waals surface area (Å²) >= 11 is 3.34. The third kappa shape index (κ3) is 9.13. The number of carbonyl (C=O) groups is 1. The molecular formula is C24H32BrNO4S. The van der Waals surface area contributed by atoms with Gasteiger partial charge in [-0.05, 0) is 60.6 Å². The lowest BCUT2D eigenvalue weighted by atomic mass is 9.97. The molecule has 0 aliphatic rings. The van der Waals surface area contributed by atoms with E-state index in [1.54, 1.807) is 24.3 Å². The maximum absolute atomic E-state index is 13.0. The minimum Gasteiger partial charge on any atom is -0.481 e. The van der Waals surface area contributed by atoms with Crippen LogP contribution in [-0.2, 0) is 21.2 Å². The number of aliphatic carboxylic acids is 1. The van der Waals surface area contributed by atoms with Crippen LogP contribution in [0.1, 0.15) is 69.5 Å². The van der Waals surface area contributed by atoms with Crippen LogP contribution >= 0.6 is 15.9 Å². The average Bonchev–Trinajstić information content (AvgIpc) is 2.70. The molecule has 31 heavy (non-hydrogen) atoms. The van der Waals surface area contributed by atoms with Gasteiger partial charge in [0.2, 0.25) is 10.0 Å². The summed E-state index contributed by atoms with van der Waals surface area (Å²) in [7, 11) is -3.65. The van der Waals surface area contributed by atoms with Crippen LogP contribution in [0, 0.1) is 5.92 Å². The minimum atomic E-state index is -3.65. The van der Waals surface area contributed by atoms with Crippen molar-refractivity contribution in [1.29, 1.82) is 0 Å². The molecule has 2 aromatic rings. The Kier molecular flexibility index (Phi) is 10.2. The molecule has 170 valence electrons. The summed E-state index contributed by atoms with van der Waals surface area (Å²) in [6, 6.07) is 14.1. The molecule has 5 nitrogen and oxygen atoms in total. The van der Waals surface area contributed by atoms with Crippen molar-refractivity contribution in [2.45, 2.75) is 69.7 Å². The first-order valence-corrected chi connectivity index (χ1v) is 13.0. The summed E-state index contributed by atoms with van der Waals surface area (Å²) in [6.45, 7) is 4.38. The van der Waals surface area contributed by atoms with E-state index in [1.165, 1.54) is 0 Å². The first-order valence-electron chi connectivity index (χ1n) is 10.8. The molecule has 0 saturated heterocycles. The molecule has 2 rings (SSSR count). The van der Waals surface area contributed by atoms with Crippen LogP contribution < -0.4 is 4.72 Å². The van der Waals surface area contributed by atoms with Gasteiger partial charge in [0, 0.05) is 16.9 Å². The van der Waals surface area contributed by atoms with Crippen LogP contribution in [0.5, 0.6) is 0 Å². The molecule has 2 aromatic carbocycles. The van der Waals surface area contributed by atoms with Crippen LogP contribution in [0.2, 0.25) is 0 Å². The minimum absolute atomic E-state index is 0.146. The van der Waals surface area contributed by atoms with Gasteiger partial charge < -0.3 is 5.11 Å². The van der Waals surface area contributed by atoms with Gasteiger partial charge in [-0.25, -0.2) is 13.1 Å². The number of hydrogen-bond acceptors (Lipinski definition) is 3. The molecule has 0 amide bonds. The third-order valence-corrected chi connectivity index (χ3v) is 7.20. The lowest BCUT2D eigenvalue weighted by Crippen LogP contribution is -2.28. The topological polar surface area (TPSA) is 83.5 Å². The number of nitrogens with one attached hydrogen (secondary N) is 1. The number of carboxylic acids is 1. The number of carboxylic acid groups (broad SMARTS) is 1. The van der Waals surface area contributed by atoms with Crippen molar-refractivity contribution >= 4 is 31.9 Å². The predicted molar refractivity (Wildman–Crippen MR) is 128 cm³/mol. The van der Waals surface area contributed by atoms with Crippen molar-refractivity contribution < 1.29 is 18.3 Å². The molecular weight excluding hydrogens is 478 g/mol. The molecule has 0 aliphatic carbocycles. The maximum Gasteiger partial charge on any atom is 0.303 e. The van der Waals surface area contributed by atoms with Crippen molar-refractivity contribution in [2.24, 2.45) is 5.92 Å². The van der Waals surface area contributed by atoms with Gasteiger partial charge in [0.05, 0.1) is 4.90 Å². The quantitative estimate of drug-likeness (QED) is 0.320. The monoisotopic (exact) mass is 509 g/mol. The Morgan fingerprint density at radius 2 is 1.58 bits per heavy atom. The van der Waals surface area contributed by atoms with E-state index < -0.39 is 16.0 Å². The van der Waals surface area contributed by atoms with Gasteiger partial charge >= 0.3 is 5.97 Å². The van der Waals surface area contributed by atoms with Gasteiger partial charge in [-0.3, -0.25) is 4.79 Å². The molecule has 0 spiro atoms. The molecule has 0 aromatic heterocycles. The molecule has 0 aliphatic heterocycles. The van der Waals surface area contributed by atoms with E-state index in [0.717, 1.165) is 41.3 Å².